The van der Waals surface area contributed by atoms with Crippen LogP contribution in [0.2, 0.25) is 0 Å². The number of halogens is 2. The molecule has 66 heavy (non-hydrogen) atoms. The summed E-state index contributed by atoms with van der Waals surface area (Å²) in [7, 11) is -4.24. The lowest BCUT2D eigenvalue weighted by Crippen LogP contribution is -2.55. The van der Waals surface area contributed by atoms with Crippen molar-refractivity contribution in [1.82, 2.24) is 29.0 Å². The monoisotopic (exact) mass is 918 g/mol. The Balaban J connectivity index is 0.742. The first-order chi connectivity index (χ1) is 31.8. The van der Waals surface area contributed by atoms with Gasteiger partial charge in [-0.25, -0.2) is 13.8 Å². The summed E-state index contributed by atoms with van der Waals surface area (Å²) < 4.78 is 65.1. The van der Waals surface area contributed by atoms with Gasteiger partial charge in [-0.05, 0) is 91.2 Å². The van der Waals surface area contributed by atoms with E-state index in [0.717, 1.165) is 79.2 Å². The number of piperidine rings is 1. The molecule has 17 nitrogen and oxygen atoms in total. The second-order valence-electron chi connectivity index (χ2n) is 17.3. The van der Waals surface area contributed by atoms with Gasteiger partial charge in [-0.15, -0.1) is 0 Å². The van der Waals surface area contributed by atoms with Crippen LogP contribution < -0.4 is 30.1 Å². The van der Waals surface area contributed by atoms with Crippen LogP contribution in [0.25, 0.3) is 16.6 Å². The summed E-state index contributed by atoms with van der Waals surface area (Å²) >= 11 is 0. The molecule has 1 aromatic heterocycles. The number of nitriles is 1. The Kier molecular flexibility index (Phi) is 11.1. The van der Waals surface area contributed by atoms with Crippen LogP contribution in [0.4, 0.5) is 25.8 Å². The fraction of sp³-hybridized carbons (Fsp3) is 0.348. The Bertz CT molecular complexity index is 3010. The second-order valence-corrected chi connectivity index (χ2v) is 18.9. The number of piperazine rings is 1. The zero-order valence-electron chi connectivity index (χ0n) is 35.5. The quantitative estimate of drug-likeness (QED) is 0.182. The average molecular weight is 919 g/mol. The fourth-order valence-corrected chi connectivity index (χ4v) is 10.7. The lowest BCUT2D eigenvalue weighted by atomic mass is 9.97. The Morgan fingerprint density at radius 3 is 2.35 bits per heavy atom. The molecule has 2 N–H and O–H groups in total. The van der Waals surface area contributed by atoms with Crippen LogP contribution in [0.5, 0.6) is 11.5 Å². The number of carbonyl (C=O) groups is 3. The Morgan fingerprint density at radius 1 is 0.864 bits per heavy atom. The highest BCUT2D eigenvalue weighted by atomic mass is 32.2. The first-order valence-electron chi connectivity index (χ1n) is 21.8. The smallest absolute Gasteiger partial charge is 0.301 e. The predicted molar refractivity (Wildman–Crippen MR) is 239 cm³/mol. The number of anilines is 3. The molecule has 4 aromatic carbocycles. The van der Waals surface area contributed by atoms with Gasteiger partial charge in [0.05, 0.1) is 22.3 Å². The minimum atomic E-state index is -4.24. The number of amides is 3. The van der Waals surface area contributed by atoms with E-state index < -0.39 is 51.0 Å². The lowest BCUT2D eigenvalue weighted by Gasteiger charge is -2.45. The fourth-order valence-electron chi connectivity index (χ4n) is 9.46. The van der Waals surface area contributed by atoms with Gasteiger partial charge in [0.15, 0.2) is 11.6 Å². The van der Waals surface area contributed by atoms with E-state index in [1.165, 1.54) is 29.1 Å². The van der Waals surface area contributed by atoms with Gasteiger partial charge in [0.25, 0.3) is 11.5 Å². The molecule has 5 aliphatic rings. The molecule has 10 rings (SSSR count). The van der Waals surface area contributed by atoms with E-state index in [1.807, 2.05) is 36.4 Å². The van der Waals surface area contributed by atoms with Gasteiger partial charge in [-0.3, -0.25) is 38.7 Å². The van der Waals surface area contributed by atoms with Gasteiger partial charge in [0.1, 0.15) is 35.9 Å². The van der Waals surface area contributed by atoms with E-state index >= 15 is 4.39 Å². The number of aromatic nitrogens is 2. The number of imide groups is 1. The van der Waals surface area contributed by atoms with Crippen LogP contribution >= 0.6 is 0 Å². The molecule has 340 valence electrons. The van der Waals surface area contributed by atoms with E-state index in [0.29, 0.717) is 35.7 Å². The molecule has 2 atom stereocenters. The SMILES string of the molecule is N#Cc1c(NS(=O)(=O)N2CC[C@@H](F)C2)ccc(F)c1Oc1ccc2ncn(-c3ccc(N4CCN(CC5CN(c6ccc7c(c6)CN([C@@H]6CCC(=O)NC6=O)C7=O)C5)CC4)cc3)c(=O)c2c1. The minimum absolute atomic E-state index is 0.0120. The van der Waals surface area contributed by atoms with Gasteiger partial charge in [0.2, 0.25) is 11.8 Å². The van der Waals surface area contributed by atoms with Crippen molar-refractivity contribution in [3.63, 3.8) is 0 Å². The maximum Gasteiger partial charge on any atom is 0.301 e. The van der Waals surface area contributed by atoms with E-state index in [2.05, 4.69) is 35.8 Å². The van der Waals surface area contributed by atoms with Crippen molar-refractivity contribution in [1.29, 1.82) is 5.26 Å². The highest BCUT2D eigenvalue weighted by molar-refractivity contribution is 7.90. The molecular weight excluding hydrogens is 875 g/mol. The summed E-state index contributed by atoms with van der Waals surface area (Å²) in [4.78, 5) is 64.2. The predicted octanol–water partition coefficient (Wildman–Crippen LogP) is 3.91. The number of hydrogen-bond donors (Lipinski definition) is 2. The van der Waals surface area contributed by atoms with Gasteiger partial charge < -0.3 is 19.4 Å². The third-order valence-corrected chi connectivity index (χ3v) is 14.5. The van der Waals surface area contributed by atoms with Crippen molar-refractivity contribution in [3.05, 3.63) is 112 Å². The van der Waals surface area contributed by atoms with Crippen molar-refractivity contribution in [2.45, 2.75) is 38.0 Å². The van der Waals surface area contributed by atoms with Gasteiger partial charge >= 0.3 is 10.2 Å². The molecule has 5 aliphatic heterocycles. The van der Waals surface area contributed by atoms with E-state index in [1.54, 1.807) is 11.0 Å². The molecule has 0 saturated carbocycles. The highest BCUT2D eigenvalue weighted by Gasteiger charge is 2.40. The third kappa shape index (κ3) is 8.18. The van der Waals surface area contributed by atoms with Crippen LogP contribution in [-0.2, 0) is 26.3 Å². The van der Waals surface area contributed by atoms with Gasteiger partial charge in [-0.1, -0.05) is 0 Å². The molecule has 5 aromatic rings. The molecule has 4 fully saturated rings. The zero-order chi connectivity index (χ0) is 45.9. The molecule has 0 unspecified atom stereocenters. The largest absolute Gasteiger partial charge is 0.453 e. The Hall–Kier alpha value is -6.95. The van der Waals surface area contributed by atoms with Crippen molar-refractivity contribution in [2.75, 3.05) is 73.4 Å². The number of hydrogen-bond acceptors (Lipinski definition) is 12. The summed E-state index contributed by atoms with van der Waals surface area (Å²) in [6.45, 7) is 6.23. The number of nitrogens with zero attached hydrogens (tertiary/aromatic N) is 8. The summed E-state index contributed by atoms with van der Waals surface area (Å²) in [5.41, 5.74) is 3.43. The number of fused-ring (bicyclic) bond motifs is 2. The maximum absolute atomic E-state index is 15.2. The molecule has 0 radical (unpaired) electrons. The third-order valence-electron chi connectivity index (χ3n) is 13.1. The Labute approximate surface area is 377 Å². The first-order valence-corrected chi connectivity index (χ1v) is 23.2. The topological polar surface area (TPSA) is 194 Å². The molecular formula is C46H44F2N10O7S. The number of benzene rings is 4. The summed E-state index contributed by atoms with van der Waals surface area (Å²) in [5.74, 6) is -1.86. The molecule has 4 saturated heterocycles. The first kappa shape index (κ1) is 43.0. The van der Waals surface area contributed by atoms with Crippen molar-refractivity contribution < 1.29 is 36.3 Å². The number of nitrogens with one attached hydrogen (secondary N) is 2. The molecule has 20 heteroatoms. The molecule has 0 aliphatic carbocycles. The van der Waals surface area contributed by atoms with Gasteiger partial charge in [-0.2, -0.15) is 18.0 Å². The molecule has 0 spiro atoms. The minimum Gasteiger partial charge on any atom is -0.453 e. The summed E-state index contributed by atoms with van der Waals surface area (Å²) in [5, 5.41) is 12.5. The lowest BCUT2D eigenvalue weighted by molar-refractivity contribution is -0.136. The van der Waals surface area contributed by atoms with E-state index in [4.69, 9.17) is 4.74 Å². The Morgan fingerprint density at radius 2 is 1.62 bits per heavy atom. The molecule has 0 bridgehead atoms. The van der Waals surface area contributed by atoms with Crippen molar-refractivity contribution in [2.24, 2.45) is 5.92 Å². The number of ether oxygens (including phenoxy) is 1. The number of carbonyl (C=O) groups excluding carboxylic acids is 3. The summed E-state index contributed by atoms with van der Waals surface area (Å²) in [6, 6.07) is 21.1. The number of alkyl halides is 1. The average Bonchev–Trinajstić information content (AvgIpc) is 3.89. The van der Waals surface area contributed by atoms with Crippen LogP contribution in [-0.4, -0.2) is 121 Å². The maximum atomic E-state index is 15.2. The molecule has 3 amide bonds. The van der Waals surface area contributed by atoms with Crippen LogP contribution in [0.3, 0.4) is 0 Å². The van der Waals surface area contributed by atoms with Gasteiger partial charge in [0, 0.05) is 94.7 Å². The van der Waals surface area contributed by atoms with Crippen LogP contribution in [0, 0.1) is 23.1 Å². The van der Waals surface area contributed by atoms with Crippen molar-refractivity contribution in [3.8, 4) is 23.3 Å². The van der Waals surface area contributed by atoms with E-state index in [9.17, 15) is 37.2 Å². The second kappa shape index (κ2) is 17.1. The number of rotatable bonds is 11. The highest BCUT2D eigenvalue weighted by Crippen LogP contribution is 2.36. The van der Waals surface area contributed by atoms with Crippen LogP contribution in [0.15, 0.2) is 83.9 Å². The summed E-state index contributed by atoms with van der Waals surface area (Å²) in [6.07, 6.45) is 0.716. The zero-order valence-corrected chi connectivity index (χ0v) is 36.3. The van der Waals surface area contributed by atoms with Crippen molar-refractivity contribution >= 4 is 55.9 Å². The standard InChI is InChI=1S/C46H44F2N10O7S/c47-30-13-14-56(26-30)66(63,64)52-40-10-8-38(48)43(37(40)21-49)65-34-6-9-39-36(20-34)46(62)58(27-50-39)32-3-1-31(2-4-32)54-17-15-53(16-18-54)22-28-23-55(24-28)33-5-7-35-29(19-33)25-57(45(35)61)41-11-12-42(59)51-44(41)60/h1-10,19-20,27-28,30,41,52H,11-18,22-26H2,(H,51,59,60)/t30-,41-/m1/s1. The molecule has 6 heterocycles. The van der Waals surface area contributed by atoms with Crippen LogP contribution in [0.1, 0.15) is 40.7 Å². The van der Waals surface area contributed by atoms with E-state index in [-0.39, 0.29) is 54.6 Å². The normalized spacial score (nSPS) is 20.6.